The maximum absolute atomic E-state index is 11.1. The normalized spacial score (nSPS) is 7.67. The van der Waals surface area contributed by atoms with Crippen LogP contribution in [0.5, 0.6) is 0 Å². The maximum Gasteiger partial charge on any atom is 0.435 e. The largest absolute Gasteiger partial charge is 0.463 e. The monoisotopic (exact) mass is 93.0 g/mol. The Bertz CT molecular complexity index is 62.6. The lowest BCUT2D eigenvalue weighted by Gasteiger charge is -1.92. The van der Waals surface area contributed by atoms with Crippen LogP contribution in [0.3, 0.4) is 0 Å². The van der Waals surface area contributed by atoms with Crippen molar-refractivity contribution in [3.8, 4) is 0 Å². The van der Waals surface area contributed by atoms with Crippen molar-refractivity contribution in [2.24, 2.45) is 0 Å². The summed E-state index contributed by atoms with van der Waals surface area (Å²) in [5, 5.41) is 7.12. The molecule has 3 nitrogen and oxygen atoms in total. The highest BCUT2D eigenvalue weighted by Crippen LogP contribution is 1.78. The first kappa shape index (κ1) is 5.20. The minimum Gasteiger partial charge on any atom is -0.463 e. The summed E-state index contributed by atoms with van der Waals surface area (Å²) in [6.07, 6.45) is -1.57. The highest BCUT2D eigenvalue weighted by atomic mass is 19.2. The molecule has 0 aromatic carbocycles. The molecule has 1 N–H and O–H groups in total. The minimum absolute atomic E-state index is 0.417. The van der Waals surface area contributed by atoms with Crippen LogP contribution in [0.1, 0.15) is 0 Å². The molecule has 0 saturated carbocycles. The molecule has 0 aliphatic carbocycles. The lowest BCUT2D eigenvalue weighted by atomic mass is 11.1. The number of hydrogen-bond acceptors (Lipinski definition) is 1. The molecule has 0 rings (SSSR count). The highest BCUT2D eigenvalue weighted by molar-refractivity contribution is 5.62. The van der Waals surface area contributed by atoms with Crippen LogP contribution in [-0.2, 0) is 0 Å². The SMILES string of the molecule is CN(F)C(=O)O. The Balaban J connectivity index is 3.26. The fourth-order valence-corrected chi connectivity index (χ4v) is 0. The van der Waals surface area contributed by atoms with E-state index < -0.39 is 11.2 Å². The first-order valence-electron chi connectivity index (χ1n) is 1.27. The highest BCUT2D eigenvalue weighted by Gasteiger charge is 1.97. The third kappa shape index (κ3) is 1.51. The van der Waals surface area contributed by atoms with Crippen LogP contribution in [0.4, 0.5) is 9.28 Å². The molecule has 4 heteroatoms. The van der Waals surface area contributed by atoms with Crippen LogP contribution in [0.15, 0.2) is 0 Å². The third-order valence-electron chi connectivity index (χ3n) is 0.264. The van der Waals surface area contributed by atoms with Crippen molar-refractivity contribution in [2.45, 2.75) is 0 Å². The van der Waals surface area contributed by atoms with Crippen molar-refractivity contribution in [3.05, 3.63) is 0 Å². The molecule has 0 radical (unpaired) electrons. The van der Waals surface area contributed by atoms with E-state index in [0.717, 1.165) is 7.05 Å². The quantitative estimate of drug-likeness (QED) is 0.442. The third-order valence-corrected chi connectivity index (χ3v) is 0.264. The maximum atomic E-state index is 11.1. The average molecular weight is 93.1 g/mol. The van der Waals surface area contributed by atoms with Crippen LogP contribution in [0, 0.1) is 0 Å². The van der Waals surface area contributed by atoms with Gasteiger partial charge in [-0.15, -0.1) is 5.12 Å². The minimum atomic E-state index is -1.57. The van der Waals surface area contributed by atoms with Gasteiger partial charge < -0.3 is 5.11 Å². The number of carbonyl (C=O) groups is 1. The Hall–Kier alpha value is -0.800. The first-order valence-corrected chi connectivity index (χ1v) is 1.27. The van der Waals surface area contributed by atoms with Crippen molar-refractivity contribution < 1.29 is 14.4 Å². The molecule has 36 valence electrons. The summed E-state index contributed by atoms with van der Waals surface area (Å²) in [5.74, 6) is 0. The van der Waals surface area contributed by atoms with Gasteiger partial charge >= 0.3 is 6.09 Å². The van der Waals surface area contributed by atoms with E-state index >= 15 is 0 Å². The van der Waals surface area contributed by atoms with E-state index in [-0.39, 0.29) is 0 Å². The summed E-state index contributed by atoms with van der Waals surface area (Å²) in [4.78, 5) is 9.25. The predicted molar refractivity (Wildman–Crippen MR) is 16.9 cm³/mol. The fraction of sp³-hybridized carbons (Fsp3) is 0.500. The summed E-state index contributed by atoms with van der Waals surface area (Å²) in [6.45, 7) is 0. The molecule has 0 saturated heterocycles. The molecule has 0 aromatic rings. The molecule has 0 spiro atoms. The van der Waals surface area contributed by atoms with Crippen molar-refractivity contribution >= 4 is 6.09 Å². The Kier molecular flexibility index (Phi) is 1.38. The van der Waals surface area contributed by atoms with Crippen LogP contribution in [-0.4, -0.2) is 23.4 Å². The van der Waals surface area contributed by atoms with Gasteiger partial charge in [0, 0.05) is 7.05 Å². The zero-order valence-electron chi connectivity index (χ0n) is 3.18. The second-order valence-electron chi connectivity index (χ2n) is 0.760. The zero-order chi connectivity index (χ0) is 5.15. The number of nitrogens with zero attached hydrogens (tertiary/aromatic N) is 1. The van der Waals surface area contributed by atoms with Gasteiger partial charge in [-0.1, -0.05) is 4.48 Å². The lowest BCUT2D eigenvalue weighted by Crippen LogP contribution is -2.13. The molecule has 1 amide bonds. The van der Waals surface area contributed by atoms with Gasteiger partial charge in [-0.2, -0.15) is 0 Å². The fourth-order valence-electron chi connectivity index (χ4n) is 0. The van der Waals surface area contributed by atoms with Crippen LogP contribution in [0.25, 0.3) is 0 Å². The Morgan fingerprint density at radius 2 is 2.17 bits per heavy atom. The van der Waals surface area contributed by atoms with Gasteiger partial charge in [-0.3, -0.25) is 0 Å². The van der Waals surface area contributed by atoms with Crippen molar-refractivity contribution in [1.82, 2.24) is 5.12 Å². The van der Waals surface area contributed by atoms with Gasteiger partial charge in [0.15, 0.2) is 0 Å². The summed E-state index contributed by atoms with van der Waals surface area (Å²) in [7, 11) is 0.808. The molecule has 0 atom stereocenters. The van der Waals surface area contributed by atoms with Crippen molar-refractivity contribution in [2.75, 3.05) is 7.05 Å². The molecule has 0 aliphatic heterocycles. The summed E-state index contributed by atoms with van der Waals surface area (Å²) >= 11 is 0. The van der Waals surface area contributed by atoms with Gasteiger partial charge in [0.25, 0.3) is 0 Å². The summed E-state index contributed by atoms with van der Waals surface area (Å²) in [5.41, 5.74) is 0. The van der Waals surface area contributed by atoms with Crippen molar-refractivity contribution in [1.29, 1.82) is 0 Å². The van der Waals surface area contributed by atoms with Gasteiger partial charge in [-0.05, 0) is 0 Å². The Labute approximate surface area is 33.9 Å². The van der Waals surface area contributed by atoms with E-state index in [0.29, 0.717) is 0 Å². The average Bonchev–Trinajstić information content (AvgIpc) is 1.36. The van der Waals surface area contributed by atoms with Crippen molar-refractivity contribution in [3.63, 3.8) is 0 Å². The topological polar surface area (TPSA) is 40.5 Å². The van der Waals surface area contributed by atoms with Gasteiger partial charge in [-0.25, -0.2) is 4.79 Å². The van der Waals surface area contributed by atoms with E-state index in [9.17, 15) is 9.28 Å². The predicted octanol–water partition coefficient (Wildman–Crippen LogP) is 0.481. The molecule has 0 heterocycles. The summed E-state index contributed by atoms with van der Waals surface area (Å²) in [6, 6.07) is 0. The van der Waals surface area contributed by atoms with Gasteiger partial charge in [0.05, 0.1) is 0 Å². The smallest absolute Gasteiger partial charge is 0.435 e. The molecule has 0 fully saturated rings. The van der Waals surface area contributed by atoms with Crippen LogP contribution >= 0.6 is 0 Å². The molecule has 0 bridgehead atoms. The summed E-state index contributed by atoms with van der Waals surface area (Å²) < 4.78 is 11.1. The lowest BCUT2D eigenvalue weighted by molar-refractivity contribution is 0.0554. The second kappa shape index (κ2) is 1.59. The van der Waals surface area contributed by atoms with E-state index in [4.69, 9.17) is 5.11 Å². The van der Waals surface area contributed by atoms with E-state index in [2.05, 4.69) is 0 Å². The van der Waals surface area contributed by atoms with E-state index in [1.165, 1.54) is 0 Å². The molecule has 0 aliphatic rings. The van der Waals surface area contributed by atoms with Gasteiger partial charge in [0.1, 0.15) is 0 Å². The van der Waals surface area contributed by atoms with E-state index in [1.54, 1.807) is 0 Å². The number of hydrogen-bond donors (Lipinski definition) is 1. The first-order chi connectivity index (χ1) is 2.64. The number of carboxylic acid groups (broad SMARTS) is 1. The number of halogens is 1. The standard InChI is InChI=1S/C2H4FNO2/c1-4(3)2(5)6/h1H3,(H,5,6). The molecular formula is C2H4FNO2. The Morgan fingerprint density at radius 1 is 2.00 bits per heavy atom. The number of rotatable bonds is 0. The van der Waals surface area contributed by atoms with Gasteiger partial charge in [0.2, 0.25) is 0 Å². The Morgan fingerprint density at radius 3 is 2.17 bits per heavy atom. The van der Waals surface area contributed by atoms with Crippen LogP contribution in [0.2, 0.25) is 0 Å². The molecule has 6 heavy (non-hydrogen) atoms. The molecule has 0 aromatic heterocycles. The van der Waals surface area contributed by atoms with E-state index in [1.807, 2.05) is 0 Å². The van der Waals surface area contributed by atoms with Crippen LogP contribution < -0.4 is 0 Å². The zero-order valence-corrected chi connectivity index (χ0v) is 3.18. The number of amides is 1. The second-order valence-corrected chi connectivity index (χ2v) is 0.760. The molecule has 0 unspecified atom stereocenters. The molecular weight excluding hydrogens is 89.0 g/mol.